The Labute approximate surface area is 62.0 Å². The Bertz CT molecular complexity index is 124. The minimum absolute atomic E-state index is 0.104. The van der Waals surface area contributed by atoms with E-state index in [2.05, 4.69) is 5.32 Å². The molecular weight excluding hydrogens is 128 g/mol. The lowest BCUT2D eigenvalue weighted by Gasteiger charge is -2.21. The summed E-state index contributed by atoms with van der Waals surface area (Å²) in [7, 11) is 0. The van der Waals surface area contributed by atoms with Crippen molar-refractivity contribution in [1.82, 2.24) is 5.32 Å². The lowest BCUT2D eigenvalue weighted by atomic mass is 10.1. The van der Waals surface area contributed by atoms with Crippen molar-refractivity contribution in [3.8, 4) is 0 Å². The summed E-state index contributed by atoms with van der Waals surface area (Å²) >= 11 is 0. The average molecular weight is 144 g/mol. The molecule has 60 valence electrons. The van der Waals surface area contributed by atoms with Gasteiger partial charge in [-0.1, -0.05) is 0 Å². The third-order valence-corrected chi connectivity index (χ3v) is 0.912. The van der Waals surface area contributed by atoms with E-state index in [9.17, 15) is 4.79 Å². The van der Waals surface area contributed by atoms with Crippen LogP contribution in [0.5, 0.6) is 0 Å². The molecule has 3 N–H and O–H groups in total. The third kappa shape index (κ3) is 4.32. The summed E-state index contributed by atoms with van der Waals surface area (Å²) in [6.07, 6.45) is 0. The first-order valence-corrected chi connectivity index (χ1v) is 3.40. The molecule has 3 heteroatoms. The van der Waals surface area contributed by atoms with E-state index in [1.807, 2.05) is 20.8 Å². The lowest BCUT2D eigenvalue weighted by Crippen LogP contribution is -2.47. The molecule has 0 heterocycles. The number of nitrogens with two attached hydrogens (primary N) is 1. The van der Waals surface area contributed by atoms with Crippen LogP contribution in [0.4, 0.5) is 0 Å². The largest absolute Gasteiger partial charge is 0.350 e. The number of amides is 1. The number of hydrogen-bond donors (Lipinski definition) is 2. The fourth-order valence-corrected chi connectivity index (χ4v) is 0.483. The van der Waals surface area contributed by atoms with Gasteiger partial charge in [-0.2, -0.15) is 0 Å². The van der Waals surface area contributed by atoms with E-state index in [1.165, 1.54) is 0 Å². The van der Waals surface area contributed by atoms with E-state index >= 15 is 0 Å². The van der Waals surface area contributed by atoms with Crippen LogP contribution in [-0.2, 0) is 4.79 Å². The van der Waals surface area contributed by atoms with Gasteiger partial charge in [-0.05, 0) is 27.7 Å². The Hall–Kier alpha value is -0.570. The van der Waals surface area contributed by atoms with Gasteiger partial charge in [0.1, 0.15) is 0 Å². The van der Waals surface area contributed by atoms with Crippen molar-refractivity contribution in [3.05, 3.63) is 0 Å². The number of carbonyl (C=O) groups excluding carboxylic acids is 1. The predicted molar refractivity (Wildman–Crippen MR) is 41.5 cm³/mol. The van der Waals surface area contributed by atoms with Crippen LogP contribution in [0.3, 0.4) is 0 Å². The fourth-order valence-electron chi connectivity index (χ4n) is 0.483. The Morgan fingerprint density at radius 2 is 1.90 bits per heavy atom. The molecule has 0 saturated carbocycles. The van der Waals surface area contributed by atoms with Gasteiger partial charge in [-0.3, -0.25) is 4.79 Å². The van der Waals surface area contributed by atoms with Crippen molar-refractivity contribution in [2.45, 2.75) is 39.3 Å². The maximum absolute atomic E-state index is 10.9. The first-order valence-electron chi connectivity index (χ1n) is 3.40. The van der Waals surface area contributed by atoms with Gasteiger partial charge < -0.3 is 11.1 Å². The highest BCUT2D eigenvalue weighted by Crippen LogP contribution is 1.98. The summed E-state index contributed by atoms with van der Waals surface area (Å²) in [5, 5.41) is 2.75. The predicted octanol–water partition coefficient (Wildman–Crippen LogP) is 0.248. The smallest absolute Gasteiger partial charge is 0.237 e. The molecule has 0 saturated heterocycles. The quantitative estimate of drug-likeness (QED) is 0.554. The highest BCUT2D eigenvalue weighted by molar-refractivity contribution is 5.81. The Morgan fingerprint density at radius 3 is 2.00 bits per heavy atom. The van der Waals surface area contributed by atoms with E-state index in [-0.39, 0.29) is 11.4 Å². The molecule has 0 aromatic rings. The SMILES string of the molecule is C[C@H](N)C(=O)NC(C)(C)C. The van der Waals surface area contributed by atoms with Gasteiger partial charge in [0.2, 0.25) is 5.91 Å². The van der Waals surface area contributed by atoms with Crippen LogP contribution in [0.15, 0.2) is 0 Å². The molecule has 0 aliphatic heterocycles. The number of hydrogen-bond acceptors (Lipinski definition) is 2. The van der Waals surface area contributed by atoms with Gasteiger partial charge >= 0.3 is 0 Å². The van der Waals surface area contributed by atoms with Crippen LogP contribution in [0, 0.1) is 0 Å². The van der Waals surface area contributed by atoms with Gasteiger partial charge in [0, 0.05) is 5.54 Å². The lowest BCUT2D eigenvalue weighted by molar-refractivity contribution is -0.123. The highest BCUT2D eigenvalue weighted by Gasteiger charge is 2.15. The summed E-state index contributed by atoms with van der Waals surface area (Å²) in [6.45, 7) is 7.44. The van der Waals surface area contributed by atoms with Gasteiger partial charge in [-0.15, -0.1) is 0 Å². The molecule has 1 amide bonds. The minimum atomic E-state index is -0.417. The second kappa shape index (κ2) is 3.01. The van der Waals surface area contributed by atoms with Gasteiger partial charge in [0.05, 0.1) is 6.04 Å². The molecule has 0 unspecified atom stereocenters. The molecule has 0 aliphatic rings. The Kier molecular flexibility index (Phi) is 2.84. The maximum atomic E-state index is 10.9. The zero-order valence-electron chi connectivity index (χ0n) is 7.06. The number of carbonyl (C=O) groups is 1. The molecule has 10 heavy (non-hydrogen) atoms. The molecule has 0 fully saturated rings. The van der Waals surface area contributed by atoms with Crippen LogP contribution in [0.1, 0.15) is 27.7 Å². The van der Waals surface area contributed by atoms with Crippen LogP contribution >= 0.6 is 0 Å². The first kappa shape index (κ1) is 9.43. The third-order valence-electron chi connectivity index (χ3n) is 0.912. The zero-order valence-corrected chi connectivity index (χ0v) is 7.06. The normalized spacial score (nSPS) is 14.5. The minimum Gasteiger partial charge on any atom is -0.350 e. The molecule has 0 rings (SSSR count). The fraction of sp³-hybridized carbons (Fsp3) is 0.857. The van der Waals surface area contributed by atoms with Crippen molar-refractivity contribution >= 4 is 5.91 Å². The highest BCUT2D eigenvalue weighted by atomic mass is 16.2. The molecule has 1 atom stereocenters. The molecular formula is C7H16N2O. The standard InChI is InChI=1S/C7H16N2O/c1-5(8)6(10)9-7(2,3)4/h5H,8H2,1-4H3,(H,9,10)/t5-/m0/s1. The summed E-state index contributed by atoms with van der Waals surface area (Å²) in [4.78, 5) is 10.9. The summed E-state index contributed by atoms with van der Waals surface area (Å²) in [5.41, 5.74) is 5.16. The Balaban J connectivity index is 3.81. The summed E-state index contributed by atoms with van der Waals surface area (Å²) in [6, 6.07) is -0.417. The van der Waals surface area contributed by atoms with E-state index < -0.39 is 6.04 Å². The number of rotatable bonds is 1. The van der Waals surface area contributed by atoms with E-state index in [4.69, 9.17) is 5.73 Å². The van der Waals surface area contributed by atoms with Crippen LogP contribution in [0.25, 0.3) is 0 Å². The van der Waals surface area contributed by atoms with E-state index in [0.717, 1.165) is 0 Å². The van der Waals surface area contributed by atoms with Gasteiger partial charge in [0.15, 0.2) is 0 Å². The molecule has 0 spiro atoms. The number of nitrogens with one attached hydrogen (secondary N) is 1. The zero-order chi connectivity index (χ0) is 8.36. The summed E-state index contributed by atoms with van der Waals surface area (Å²) in [5.74, 6) is -0.104. The van der Waals surface area contributed by atoms with Crippen LogP contribution in [-0.4, -0.2) is 17.5 Å². The maximum Gasteiger partial charge on any atom is 0.237 e. The molecule has 0 radical (unpaired) electrons. The van der Waals surface area contributed by atoms with Crippen molar-refractivity contribution in [1.29, 1.82) is 0 Å². The molecule has 0 bridgehead atoms. The molecule has 0 aliphatic carbocycles. The van der Waals surface area contributed by atoms with E-state index in [1.54, 1.807) is 6.92 Å². The van der Waals surface area contributed by atoms with Crippen molar-refractivity contribution in [2.75, 3.05) is 0 Å². The molecule has 0 aromatic heterocycles. The Morgan fingerprint density at radius 1 is 1.50 bits per heavy atom. The van der Waals surface area contributed by atoms with Crippen LogP contribution < -0.4 is 11.1 Å². The monoisotopic (exact) mass is 144 g/mol. The van der Waals surface area contributed by atoms with Gasteiger partial charge in [0.25, 0.3) is 0 Å². The second-order valence-electron chi connectivity index (χ2n) is 3.53. The van der Waals surface area contributed by atoms with Crippen molar-refractivity contribution < 1.29 is 4.79 Å². The van der Waals surface area contributed by atoms with Crippen molar-refractivity contribution in [2.24, 2.45) is 5.73 Å². The second-order valence-corrected chi connectivity index (χ2v) is 3.53. The average Bonchev–Trinajstić information content (AvgIpc) is 1.60. The van der Waals surface area contributed by atoms with E-state index in [0.29, 0.717) is 0 Å². The first-order chi connectivity index (χ1) is 4.33. The van der Waals surface area contributed by atoms with Crippen molar-refractivity contribution in [3.63, 3.8) is 0 Å². The summed E-state index contributed by atoms with van der Waals surface area (Å²) < 4.78 is 0. The van der Waals surface area contributed by atoms with Crippen LogP contribution in [0.2, 0.25) is 0 Å². The topological polar surface area (TPSA) is 55.1 Å². The van der Waals surface area contributed by atoms with Gasteiger partial charge in [-0.25, -0.2) is 0 Å². The molecule has 3 nitrogen and oxygen atoms in total. The molecule has 0 aromatic carbocycles.